The van der Waals surface area contributed by atoms with Crippen molar-refractivity contribution < 1.29 is 27.8 Å². The van der Waals surface area contributed by atoms with Gasteiger partial charge in [0.1, 0.15) is 5.60 Å². The largest absolute Gasteiger partial charge is 0.444 e. The first-order valence-corrected chi connectivity index (χ1v) is 13.2. The molecule has 9 nitrogen and oxygen atoms in total. The van der Waals surface area contributed by atoms with E-state index < -0.39 is 29.9 Å². The van der Waals surface area contributed by atoms with E-state index in [2.05, 4.69) is 15.4 Å². The molecule has 11 heteroatoms. The maximum absolute atomic E-state index is 13.3. The molecular weight excluding hydrogens is 520 g/mol. The Bertz CT molecular complexity index is 1240. The van der Waals surface area contributed by atoms with E-state index in [1.807, 2.05) is 20.8 Å². The summed E-state index contributed by atoms with van der Waals surface area (Å²) in [5.41, 5.74) is 2.17. The molecule has 0 unspecified atom stereocenters. The van der Waals surface area contributed by atoms with Crippen LogP contribution in [0.15, 0.2) is 41.6 Å². The molecule has 0 aromatic heterocycles. The van der Waals surface area contributed by atoms with E-state index in [4.69, 9.17) is 21.0 Å². The number of alkyl halides is 2. The molecule has 0 heterocycles. The maximum atomic E-state index is 13.3. The lowest BCUT2D eigenvalue weighted by Crippen LogP contribution is -2.41. The number of Topliss-reactive ketones (excluding diaryl/α,β-unsaturated/α-hetero) is 1. The second-order valence-corrected chi connectivity index (χ2v) is 11.0. The van der Waals surface area contributed by atoms with Crippen LogP contribution in [0.2, 0.25) is 0 Å². The minimum absolute atomic E-state index is 0.00316. The van der Waals surface area contributed by atoms with Crippen LogP contribution in [0.5, 0.6) is 0 Å². The van der Waals surface area contributed by atoms with Gasteiger partial charge < -0.3 is 25.5 Å². The minimum atomic E-state index is -3.14. The number of alkyl carbamates (subject to hydrolysis) is 1. The Balaban J connectivity index is 1.64. The van der Waals surface area contributed by atoms with Crippen LogP contribution in [0.4, 0.5) is 13.6 Å². The van der Waals surface area contributed by atoms with Gasteiger partial charge in [-0.2, -0.15) is 8.78 Å². The number of ether oxygens (including phenoxy) is 2. The molecule has 216 valence electrons. The van der Waals surface area contributed by atoms with Gasteiger partial charge in [0, 0.05) is 48.1 Å². The van der Waals surface area contributed by atoms with Crippen LogP contribution < -0.4 is 10.6 Å². The summed E-state index contributed by atoms with van der Waals surface area (Å²) in [5, 5.41) is 29.8. The van der Waals surface area contributed by atoms with Crippen LogP contribution in [0, 0.1) is 22.1 Å². The van der Waals surface area contributed by atoms with Crippen LogP contribution in [-0.2, 0) is 15.9 Å². The Morgan fingerprint density at radius 3 is 2.42 bits per heavy atom. The molecule has 0 aliphatic heterocycles. The standard InChI is InChI=1S/C29H37F2N5O4/c1-29(2,3)40-28(38)36-20-11-9-17(10-12-20)22(15-35-4)23(32)14-18-7-5-16-6-8-19(13-21(16)24(18)37)26(33)39-27(34)25(30)31/h6-8,13,15,17,20,25,32-35H,5,9-12,14H2,1-4H3,(H,36,38)/b22-15-,32-23?,33-26?,34-27?. The third-order valence-corrected chi connectivity index (χ3v) is 6.79. The minimum Gasteiger partial charge on any atom is -0.444 e. The Morgan fingerprint density at radius 2 is 1.82 bits per heavy atom. The van der Waals surface area contributed by atoms with Crippen LogP contribution >= 0.6 is 0 Å². The van der Waals surface area contributed by atoms with Gasteiger partial charge in [0.25, 0.3) is 5.90 Å². The molecule has 40 heavy (non-hydrogen) atoms. The van der Waals surface area contributed by atoms with Crippen LogP contribution in [-0.4, -0.2) is 54.5 Å². The number of fused-ring (bicyclic) bond motifs is 1. The fourth-order valence-corrected chi connectivity index (χ4v) is 4.89. The molecule has 1 saturated carbocycles. The number of ketones is 1. The number of allylic oxidation sites excluding steroid dienone is 3. The van der Waals surface area contributed by atoms with E-state index in [0.717, 1.165) is 36.8 Å². The fourth-order valence-electron chi connectivity index (χ4n) is 4.89. The highest BCUT2D eigenvalue weighted by Gasteiger charge is 2.30. The number of benzene rings is 1. The average Bonchev–Trinajstić information content (AvgIpc) is 2.88. The van der Waals surface area contributed by atoms with E-state index in [9.17, 15) is 18.4 Å². The number of rotatable bonds is 8. The number of hydrogen-bond acceptors (Lipinski definition) is 8. The van der Waals surface area contributed by atoms with E-state index in [-0.39, 0.29) is 29.7 Å². The highest BCUT2D eigenvalue weighted by atomic mass is 19.3. The van der Waals surface area contributed by atoms with E-state index in [1.165, 1.54) is 12.1 Å². The first-order chi connectivity index (χ1) is 18.8. The van der Waals surface area contributed by atoms with Crippen molar-refractivity contribution in [3.8, 4) is 0 Å². The van der Waals surface area contributed by atoms with Gasteiger partial charge in [0.2, 0.25) is 5.90 Å². The Kier molecular flexibility index (Phi) is 9.94. The number of amides is 1. The second-order valence-electron chi connectivity index (χ2n) is 11.0. The quantitative estimate of drug-likeness (QED) is 0.210. The second kappa shape index (κ2) is 13.0. The summed E-state index contributed by atoms with van der Waals surface area (Å²) in [5.74, 6) is -2.17. The van der Waals surface area contributed by atoms with Crippen LogP contribution in [0.25, 0.3) is 0 Å². The van der Waals surface area contributed by atoms with Gasteiger partial charge in [-0.1, -0.05) is 12.1 Å². The zero-order valence-corrected chi connectivity index (χ0v) is 23.3. The Hall–Kier alpha value is -3.89. The Labute approximate surface area is 232 Å². The average molecular weight is 558 g/mol. The molecule has 5 N–H and O–H groups in total. The SMILES string of the molecule is CN/C=C(\C(=N)CC1=CCc2ccc(C(=N)OC(=N)C(F)F)cc2C1=O)C1CCC(NC(=O)OC(C)(C)C)CC1. The van der Waals surface area contributed by atoms with Gasteiger partial charge >= 0.3 is 12.5 Å². The first-order valence-electron chi connectivity index (χ1n) is 13.2. The summed E-state index contributed by atoms with van der Waals surface area (Å²) in [6, 6.07) is 4.55. The molecular formula is C29H37F2N5O4. The van der Waals surface area contributed by atoms with Crippen LogP contribution in [0.3, 0.4) is 0 Å². The lowest BCUT2D eigenvalue weighted by molar-refractivity contribution is 0.0489. The van der Waals surface area contributed by atoms with Crippen molar-refractivity contribution in [2.45, 2.75) is 77.4 Å². The maximum Gasteiger partial charge on any atom is 0.407 e. The molecule has 3 rings (SSSR count). The highest BCUT2D eigenvalue weighted by Crippen LogP contribution is 2.33. The fraction of sp³-hybridized carbons (Fsp3) is 0.483. The third kappa shape index (κ3) is 8.06. The molecule has 1 amide bonds. The first kappa shape index (κ1) is 30.6. The van der Waals surface area contributed by atoms with E-state index in [0.29, 0.717) is 23.3 Å². The van der Waals surface area contributed by atoms with Gasteiger partial charge in [-0.25, -0.2) is 4.79 Å². The predicted molar refractivity (Wildman–Crippen MR) is 149 cm³/mol. The van der Waals surface area contributed by atoms with Crippen LogP contribution in [0.1, 0.15) is 74.4 Å². The summed E-state index contributed by atoms with van der Waals surface area (Å²) in [4.78, 5) is 25.5. The molecule has 1 aromatic carbocycles. The number of carbonyl (C=O) groups excluding carboxylic acids is 2. The van der Waals surface area contributed by atoms with Gasteiger partial charge in [0.05, 0.1) is 0 Å². The van der Waals surface area contributed by atoms with Crippen molar-refractivity contribution in [2.75, 3.05) is 7.05 Å². The van der Waals surface area contributed by atoms with E-state index >= 15 is 0 Å². The van der Waals surface area contributed by atoms with Crippen molar-refractivity contribution in [3.05, 3.63) is 58.3 Å². The van der Waals surface area contributed by atoms with Gasteiger partial charge in [-0.15, -0.1) is 0 Å². The lowest BCUT2D eigenvalue weighted by Gasteiger charge is -2.31. The molecule has 0 spiro atoms. The predicted octanol–water partition coefficient (Wildman–Crippen LogP) is 5.53. The molecule has 0 radical (unpaired) electrons. The zero-order chi connectivity index (χ0) is 29.6. The highest BCUT2D eigenvalue weighted by molar-refractivity contribution is 6.16. The lowest BCUT2D eigenvalue weighted by atomic mass is 9.78. The van der Waals surface area contributed by atoms with Gasteiger partial charge in [-0.05, 0) is 82.1 Å². The number of halogens is 2. The Morgan fingerprint density at radius 1 is 1.15 bits per heavy atom. The van der Waals surface area contributed by atoms with Crippen molar-refractivity contribution in [3.63, 3.8) is 0 Å². The van der Waals surface area contributed by atoms with Crippen molar-refractivity contribution >= 4 is 29.4 Å². The molecule has 1 fully saturated rings. The van der Waals surface area contributed by atoms with Crippen molar-refractivity contribution in [1.82, 2.24) is 10.6 Å². The summed E-state index contributed by atoms with van der Waals surface area (Å²) in [6.45, 7) is 5.45. The summed E-state index contributed by atoms with van der Waals surface area (Å²) >= 11 is 0. The molecule has 2 aliphatic rings. The molecule has 0 bridgehead atoms. The summed E-state index contributed by atoms with van der Waals surface area (Å²) in [6.07, 6.45) is 3.62. The number of hydrogen-bond donors (Lipinski definition) is 5. The van der Waals surface area contributed by atoms with Gasteiger partial charge in [0.15, 0.2) is 5.78 Å². The topological polar surface area (TPSA) is 148 Å². The normalized spacial score (nSPS) is 19.3. The van der Waals surface area contributed by atoms with Crippen molar-refractivity contribution in [1.29, 1.82) is 16.2 Å². The molecule has 0 atom stereocenters. The molecule has 0 saturated heterocycles. The van der Waals surface area contributed by atoms with E-state index in [1.54, 1.807) is 25.4 Å². The monoisotopic (exact) mass is 557 g/mol. The number of carbonyl (C=O) groups is 2. The number of nitrogens with one attached hydrogen (secondary N) is 5. The van der Waals surface area contributed by atoms with Crippen molar-refractivity contribution in [2.24, 2.45) is 5.92 Å². The summed E-state index contributed by atoms with van der Waals surface area (Å²) in [7, 11) is 1.76. The molecule has 2 aliphatic carbocycles. The summed E-state index contributed by atoms with van der Waals surface area (Å²) < 4.78 is 35.2. The zero-order valence-electron chi connectivity index (χ0n) is 23.3. The smallest absolute Gasteiger partial charge is 0.407 e. The molecule has 1 aromatic rings. The third-order valence-electron chi connectivity index (χ3n) is 6.79. The van der Waals surface area contributed by atoms with Gasteiger partial charge in [-0.3, -0.25) is 15.6 Å².